The predicted molar refractivity (Wildman–Crippen MR) is 78.6 cm³/mol. The van der Waals surface area contributed by atoms with Crippen LogP contribution in [0.15, 0.2) is 60.7 Å². The van der Waals surface area contributed by atoms with E-state index >= 15 is 0 Å². The van der Waals surface area contributed by atoms with Crippen LogP contribution in [0.25, 0.3) is 0 Å². The first-order chi connectivity index (χ1) is 9.75. The van der Waals surface area contributed by atoms with Crippen LogP contribution in [0.2, 0.25) is 0 Å². The minimum atomic E-state index is -0.913. The molecule has 2 aromatic carbocycles. The summed E-state index contributed by atoms with van der Waals surface area (Å²) in [7, 11) is -0.913. The highest BCUT2D eigenvalue weighted by molar-refractivity contribution is 7.74. The SMILES string of the molecule is O=C1CC(P(c2ccccc2)c2ccccc2)C(=O)O1. The van der Waals surface area contributed by atoms with Gasteiger partial charge in [-0.25, -0.2) is 0 Å². The van der Waals surface area contributed by atoms with Gasteiger partial charge in [-0.2, -0.15) is 0 Å². The maximum atomic E-state index is 11.9. The van der Waals surface area contributed by atoms with E-state index in [2.05, 4.69) is 0 Å². The molecular formula is C16H13O3P. The summed E-state index contributed by atoms with van der Waals surface area (Å²) in [6.07, 6.45) is 0.175. The van der Waals surface area contributed by atoms with E-state index in [1.165, 1.54) is 0 Å². The fraction of sp³-hybridized carbons (Fsp3) is 0.125. The van der Waals surface area contributed by atoms with Crippen molar-refractivity contribution in [1.82, 2.24) is 0 Å². The highest BCUT2D eigenvalue weighted by Gasteiger charge is 2.40. The first-order valence-electron chi connectivity index (χ1n) is 6.39. The molecule has 100 valence electrons. The van der Waals surface area contributed by atoms with Crippen molar-refractivity contribution in [2.75, 3.05) is 0 Å². The van der Waals surface area contributed by atoms with Gasteiger partial charge in [0, 0.05) is 0 Å². The summed E-state index contributed by atoms with van der Waals surface area (Å²) >= 11 is 0. The number of hydrogen-bond donors (Lipinski definition) is 0. The summed E-state index contributed by atoms with van der Waals surface area (Å²) in [5.41, 5.74) is -0.373. The van der Waals surface area contributed by atoms with Gasteiger partial charge in [-0.05, 0) is 18.5 Å². The molecule has 20 heavy (non-hydrogen) atoms. The predicted octanol–water partition coefficient (Wildman–Crippen LogP) is 1.96. The highest BCUT2D eigenvalue weighted by atomic mass is 31.1. The standard InChI is InChI=1S/C16H13O3P/c17-15-11-14(16(18)19-15)20(12-7-3-1-4-8-12)13-9-5-2-6-10-13/h1-10,14H,11H2. The number of cyclic esters (lactones) is 2. The number of carbonyl (C=O) groups excluding carboxylic acids is 2. The van der Waals surface area contributed by atoms with Crippen LogP contribution in [0.3, 0.4) is 0 Å². The third-order valence-electron chi connectivity index (χ3n) is 3.23. The molecule has 1 aliphatic heterocycles. The van der Waals surface area contributed by atoms with Crippen molar-refractivity contribution in [1.29, 1.82) is 0 Å². The number of ether oxygens (including phenoxy) is 1. The van der Waals surface area contributed by atoms with Gasteiger partial charge in [-0.15, -0.1) is 0 Å². The molecule has 0 radical (unpaired) electrons. The molecule has 4 heteroatoms. The number of carbonyl (C=O) groups is 2. The molecule has 1 atom stereocenters. The first kappa shape index (κ1) is 13.0. The van der Waals surface area contributed by atoms with E-state index in [4.69, 9.17) is 4.74 Å². The monoisotopic (exact) mass is 284 g/mol. The van der Waals surface area contributed by atoms with Crippen molar-refractivity contribution in [2.45, 2.75) is 12.1 Å². The molecule has 1 saturated heterocycles. The number of rotatable bonds is 3. The molecule has 1 fully saturated rings. The summed E-state index contributed by atoms with van der Waals surface area (Å²) in [5, 5.41) is 2.18. The molecule has 1 aliphatic rings. The molecule has 0 spiro atoms. The molecule has 0 aromatic heterocycles. The minimum Gasteiger partial charge on any atom is -0.393 e. The molecule has 0 saturated carbocycles. The Labute approximate surface area is 118 Å². The quantitative estimate of drug-likeness (QED) is 0.491. The lowest BCUT2D eigenvalue weighted by Gasteiger charge is -2.21. The fourth-order valence-corrected chi connectivity index (χ4v) is 4.95. The van der Waals surface area contributed by atoms with Crippen molar-refractivity contribution < 1.29 is 14.3 Å². The third-order valence-corrected chi connectivity index (χ3v) is 5.95. The molecule has 1 heterocycles. The maximum Gasteiger partial charge on any atom is 0.322 e. The summed E-state index contributed by atoms with van der Waals surface area (Å²) < 4.78 is 4.74. The van der Waals surface area contributed by atoms with E-state index in [0.717, 1.165) is 10.6 Å². The van der Waals surface area contributed by atoms with Crippen LogP contribution in [0.4, 0.5) is 0 Å². The van der Waals surface area contributed by atoms with Gasteiger partial charge in [-0.1, -0.05) is 60.7 Å². The zero-order valence-electron chi connectivity index (χ0n) is 10.7. The van der Waals surface area contributed by atoms with Crippen LogP contribution in [0.1, 0.15) is 6.42 Å². The smallest absolute Gasteiger partial charge is 0.322 e. The van der Waals surface area contributed by atoms with Gasteiger partial charge in [0.1, 0.15) is 0 Å². The second kappa shape index (κ2) is 5.56. The van der Waals surface area contributed by atoms with E-state index in [-0.39, 0.29) is 12.1 Å². The van der Waals surface area contributed by atoms with Crippen molar-refractivity contribution in [3.05, 3.63) is 60.7 Å². The Hall–Kier alpha value is -1.99. The van der Waals surface area contributed by atoms with Gasteiger partial charge in [0.25, 0.3) is 0 Å². The Morgan fingerprint density at radius 1 is 0.850 bits per heavy atom. The van der Waals surface area contributed by atoms with Crippen LogP contribution in [0.5, 0.6) is 0 Å². The Kier molecular flexibility index (Phi) is 3.62. The van der Waals surface area contributed by atoms with Crippen LogP contribution < -0.4 is 10.6 Å². The van der Waals surface area contributed by atoms with Gasteiger partial charge in [0.2, 0.25) is 0 Å². The topological polar surface area (TPSA) is 43.4 Å². The van der Waals surface area contributed by atoms with Crippen LogP contribution >= 0.6 is 7.92 Å². The molecule has 3 nitrogen and oxygen atoms in total. The van der Waals surface area contributed by atoms with Crippen molar-refractivity contribution >= 4 is 30.5 Å². The van der Waals surface area contributed by atoms with Gasteiger partial charge >= 0.3 is 11.9 Å². The number of esters is 2. The second-order valence-electron chi connectivity index (χ2n) is 4.55. The Balaban J connectivity index is 2.05. The van der Waals surface area contributed by atoms with E-state index < -0.39 is 19.9 Å². The summed E-state index contributed by atoms with van der Waals surface area (Å²) in [4.78, 5) is 23.3. The van der Waals surface area contributed by atoms with Crippen molar-refractivity contribution in [3.8, 4) is 0 Å². The van der Waals surface area contributed by atoms with Crippen molar-refractivity contribution in [2.24, 2.45) is 0 Å². The molecule has 0 aliphatic carbocycles. The third kappa shape index (κ3) is 2.50. The van der Waals surface area contributed by atoms with E-state index in [9.17, 15) is 9.59 Å². The highest BCUT2D eigenvalue weighted by Crippen LogP contribution is 2.43. The minimum absolute atomic E-state index is 0.175. The van der Waals surface area contributed by atoms with E-state index in [1.807, 2.05) is 60.7 Å². The van der Waals surface area contributed by atoms with Gasteiger partial charge < -0.3 is 4.74 Å². The molecule has 3 rings (SSSR count). The Morgan fingerprint density at radius 2 is 1.35 bits per heavy atom. The van der Waals surface area contributed by atoms with E-state index in [0.29, 0.717) is 0 Å². The van der Waals surface area contributed by atoms with Gasteiger partial charge in [0.15, 0.2) is 0 Å². The maximum absolute atomic E-state index is 11.9. The zero-order chi connectivity index (χ0) is 13.9. The summed E-state index contributed by atoms with van der Waals surface area (Å²) in [5.74, 6) is -0.812. The normalized spacial score (nSPS) is 18.4. The molecule has 0 N–H and O–H groups in total. The molecule has 1 unspecified atom stereocenters. The molecule has 0 bridgehead atoms. The number of hydrogen-bond acceptors (Lipinski definition) is 3. The van der Waals surface area contributed by atoms with Crippen LogP contribution in [0, 0.1) is 0 Å². The molecular weight excluding hydrogens is 271 g/mol. The zero-order valence-corrected chi connectivity index (χ0v) is 11.6. The van der Waals surface area contributed by atoms with Crippen molar-refractivity contribution in [3.63, 3.8) is 0 Å². The Morgan fingerprint density at radius 3 is 1.75 bits per heavy atom. The average Bonchev–Trinajstić information content (AvgIpc) is 2.80. The molecule has 0 amide bonds. The lowest BCUT2D eigenvalue weighted by Crippen LogP contribution is -2.25. The van der Waals surface area contributed by atoms with Gasteiger partial charge in [-0.3, -0.25) is 9.59 Å². The van der Waals surface area contributed by atoms with Crippen LogP contribution in [-0.4, -0.2) is 17.6 Å². The average molecular weight is 284 g/mol. The van der Waals surface area contributed by atoms with Gasteiger partial charge in [0.05, 0.1) is 12.1 Å². The summed E-state index contributed by atoms with van der Waals surface area (Å²) in [6, 6.07) is 19.7. The number of benzene rings is 2. The second-order valence-corrected chi connectivity index (χ2v) is 6.95. The lowest BCUT2D eigenvalue weighted by atomic mass is 10.3. The lowest BCUT2D eigenvalue weighted by molar-refractivity contribution is -0.151. The first-order valence-corrected chi connectivity index (χ1v) is 7.80. The summed E-state index contributed by atoms with van der Waals surface area (Å²) in [6.45, 7) is 0. The molecule has 2 aromatic rings. The van der Waals surface area contributed by atoms with Crippen LogP contribution in [-0.2, 0) is 14.3 Å². The fourth-order valence-electron chi connectivity index (χ4n) is 2.35. The van der Waals surface area contributed by atoms with E-state index in [1.54, 1.807) is 0 Å². The largest absolute Gasteiger partial charge is 0.393 e. The Bertz CT molecular complexity index is 585.